The highest BCUT2D eigenvalue weighted by molar-refractivity contribution is 6.32. The van der Waals surface area contributed by atoms with Gasteiger partial charge in [-0.15, -0.1) is 0 Å². The van der Waals surface area contributed by atoms with Crippen LogP contribution in [0.2, 0.25) is 5.02 Å². The Balaban J connectivity index is 2.03. The van der Waals surface area contributed by atoms with Crippen LogP contribution >= 0.6 is 11.6 Å². The highest BCUT2D eigenvalue weighted by Crippen LogP contribution is 2.60. The van der Waals surface area contributed by atoms with Crippen LogP contribution in [0.3, 0.4) is 0 Å². The molecule has 4 heteroatoms. The summed E-state index contributed by atoms with van der Waals surface area (Å²) in [7, 11) is 3.29. The Bertz CT molecular complexity index is 701. The van der Waals surface area contributed by atoms with Gasteiger partial charge in [0.05, 0.1) is 19.2 Å². The summed E-state index contributed by atoms with van der Waals surface area (Å²) in [6.45, 7) is 6.90. The normalized spacial score (nSPS) is 34.3. The average molecular weight is 379 g/mol. The summed E-state index contributed by atoms with van der Waals surface area (Å²) >= 11 is 6.66. The van der Waals surface area contributed by atoms with Crippen molar-refractivity contribution in [1.29, 1.82) is 0 Å². The van der Waals surface area contributed by atoms with Gasteiger partial charge in [-0.3, -0.25) is 4.79 Å². The van der Waals surface area contributed by atoms with Gasteiger partial charge >= 0.3 is 0 Å². The summed E-state index contributed by atoms with van der Waals surface area (Å²) in [6.07, 6.45) is 5.83. The maximum atomic E-state index is 12.8. The Labute approximate surface area is 162 Å². The summed E-state index contributed by atoms with van der Waals surface area (Å²) in [5, 5.41) is 0.663. The lowest BCUT2D eigenvalue weighted by molar-refractivity contribution is -0.148. The van der Waals surface area contributed by atoms with E-state index in [0.717, 1.165) is 49.8 Å². The number of methoxy groups -OCH3 is 2. The number of benzene rings is 1. The fourth-order valence-electron chi connectivity index (χ4n) is 5.56. The van der Waals surface area contributed by atoms with Crippen molar-refractivity contribution in [2.75, 3.05) is 14.2 Å². The molecule has 0 N–H and O–H groups in total. The summed E-state index contributed by atoms with van der Waals surface area (Å²) in [5.41, 5.74) is 0.901. The van der Waals surface area contributed by atoms with Crippen LogP contribution in [-0.2, 0) is 11.2 Å². The van der Waals surface area contributed by atoms with Gasteiger partial charge < -0.3 is 9.47 Å². The lowest BCUT2D eigenvalue weighted by Gasteiger charge is -2.57. The molecule has 0 saturated heterocycles. The highest BCUT2D eigenvalue weighted by atomic mass is 35.5. The van der Waals surface area contributed by atoms with Crippen molar-refractivity contribution in [1.82, 2.24) is 0 Å². The summed E-state index contributed by atoms with van der Waals surface area (Å²) in [5.74, 6) is 2.81. The summed E-state index contributed by atoms with van der Waals surface area (Å²) in [6, 6.07) is 3.85. The predicted molar refractivity (Wildman–Crippen MR) is 105 cm³/mol. The molecule has 26 heavy (non-hydrogen) atoms. The molecule has 4 atom stereocenters. The standard InChI is InChI=1S/C22H31ClO3/c1-14-9-10-21(2)18(7-6-8-19(21)24)22(14,3)13-15-11-16(25-4)12-17(26-5)20(15)23/h11-12,14,18H,6-10,13H2,1-5H3/t14-,18+,21-,22+/m0/s1. The predicted octanol–water partition coefficient (Wildman–Crippen LogP) is 5.71. The number of ketones is 1. The molecule has 0 amide bonds. The first-order chi connectivity index (χ1) is 12.3. The zero-order valence-corrected chi connectivity index (χ0v) is 17.4. The zero-order chi connectivity index (χ0) is 19.1. The third-order valence-electron chi connectivity index (χ3n) is 7.44. The molecular weight excluding hydrogens is 348 g/mol. The van der Waals surface area contributed by atoms with Gasteiger partial charge in [0.2, 0.25) is 0 Å². The molecule has 2 aliphatic rings. The van der Waals surface area contributed by atoms with E-state index >= 15 is 0 Å². The maximum Gasteiger partial charge on any atom is 0.141 e. The number of Topliss-reactive ketones (excluding diaryl/α,β-unsaturated/α-hetero) is 1. The molecular formula is C22H31ClO3. The second-order valence-corrected chi connectivity index (χ2v) is 9.09. The van der Waals surface area contributed by atoms with E-state index in [4.69, 9.17) is 21.1 Å². The molecule has 2 fully saturated rings. The Morgan fingerprint density at radius 1 is 1.19 bits per heavy atom. The van der Waals surface area contributed by atoms with E-state index in [1.807, 2.05) is 12.1 Å². The molecule has 0 bridgehead atoms. The van der Waals surface area contributed by atoms with Gasteiger partial charge in [0.1, 0.15) is 17.3 Å². The Hall–Kier alpha value is -1.22. The van der Waals surface area contributed by atoms with Crippen molar-refractivity contribution in [2.24, 2.45) is 22.7 Å². The van der Waals surface area contributed by atoms with E-state index in [-0.39, 0.29) is 10.8 Å². The van der Waals surface area contributed by atoms with Crippen LogP contribution in [0, 0.1) is 22.7 Å². The quantitative estimate of drug-likeness (QED) is 0.672. The van der Waals surface area contributed by atoms with Crippen molar-refractivity contribution < 1.29 is 14.3 Å². The molecule has 3 nitrogen and oxygen atoms in total. The fourth-order valence-corrected chi connectivity index (χ4v) is 5.81. The number of rotatable bonds is 4. The number of hydrogen-bond donors (Lipinski definition) is 0. The van der Waals surface area contributed by atoms with E-state index in [9.17, 15) is 4.79 Å². The minimum absolute atomic E-state index is 0.0318. The number of halogens is 1. The second-order valence-electron chi connectivity index (χ2n) is 8.71. The van der Waals surface area contributed by atoms with Crippen LogP contribution in [0.1, 0.15) is 58.4 Å². The SMILES string of the molecule is COc1cc(C[C@]2(C)[C@@H](C)CC[C@]3(C)C(=O)CCC[C@@H]23)c(Cl)c(OC)c1. The third-order valence-corrected chi connectivity index (χ3v) is 7.87. The molecule has 0 heterocycles. The van der Waals surface area contributed by atoms with Crippen molar-refractivity contribution in [3.05, 3.63) is 22.7 Å². The monoisotopic (exact) mass is 378 g/mol. The molecule has 2 aliphatic carbocycles. The van der Waals surface area contributed by atoms with Gasteiger partial charge in [0.15, 0.2) is 0 Å². The topological polar surface area (TPSA) is 35.5 Å². The van der Waals surface area contributed by atoms with E-state index < -0.39 is 0 Å². The number of carbonyl (C=O) groups excluding carboxylic acids is 1. The Kier molecular flexibility index (Phi) is 5.31. The van der Waals surface area contributed by atoms with Crippen LogP contribution in [0.25, 0.3) is 0 Å². The first kappa shape index (κ1) is 19.5. The molecule has 0 aromatic heterocycles. The minimum Gasteiger partial charge on any atom is -0.497 e. The van der Waals surface area contributed by atoms with Crippen LogP contribution in [0.15, 0.2) is 12.1 Å². The first-order valence-electron chi connectivity index (χ1n) is 9.70. The van der Waals surface area contributed by atoms with Crippen LogP contribution < -0.4 is 9.47 Å². The number of fused-ring (bicyclic) bond motifs is 1. The van der Waals surface area contributed by atoms with Crippen LogP contribution in [0.5, 0.6) is 11.5 Å². The van der Waals surface area contributed by atoms with Gasteiger partial charge in [0, 0.05) is 17.9 Å². The van der Waals surface area contributed by atoms with Gasteiger partial charge in [-0.1, -0.05) is 32.4 Å². The van der Waals surface area contributed by atoms with E-state index in [2.05, 4.69) is 20.8 Å². The largest absolute Gasteiger partial charge is 0.497 e. The fraction of sp³-hybridized carbons (Fsp3) is 0.682. The maximum absolute atomic E-state index is 12.8. The smallest absolute Gasteiger partial charge is 0.141 e. The molecule has 0 unspecified atom stereocenters. The van der Waals surface area contributed by atoms with Crippen molar-refractivity contribution >= 4 is 17.4 Å². The average Bonchev–Trinajstić information content (AvgIpc) is 2.62. The molecule has 0 radical (unpaired) electrons. The molecule has 0 aliphatic heterocycles. The first-order valence-corrected chi connectivity index (χ1v) is 10.1. The molecule has 1 aromatic carbocycles. The molecule has 1 aromatic rings. The van der Waals surface area contributed by atoms with Crippen LogP contribution in [0.4, 0.5) is 0 Å². The number of ether oxygens (including phenoxy) is 2. The lowest BCUT2D eigenvalue weighted by atomic mass is 9.46. The number of hydrogen-bond acceptors (Lipinski definition) is 3. The van der Waals surface area contributed by atoms with E-state index in [1.54, 1.807) is 14.2 Å². The summed E-state index contributed by atoms with van der Waals surface area (Å²) < 4.78 is 10.9. The van der Waals surface area contributed by atoms with Crippen molar-refractivity contribution in [3.8, 4) is 11.5 Å². The molecule has 2 saturated carbocycles. The number of carbonyl (C=O) groups is 1. The van der Waals surface area contributed by atoms with Crippen LogP contribution in [-0.4, -0.2) is 20.0 Å². The van der Waals surface area contributed by atoms with Gasteiger partial charge in [-0.25, -0.2) is 0 Å². The lowest BCUT2D eigenvalue weighted by Crippen LogP contribution is -2.54. The highest BCUT2D eigenvalue weighted by Gasteiger charge is 2.56. The van der Waals surface area contributed by atoms with E-state index in [1.165, 1.54) is 0 Å². The molecule has 144 valence electrons. The van der Waals surface area contributed by atoms with E-state index in [0.29, 0.717) is 28.4 Å². The molecule has 3 rings (SSSR count). The third kappa shape index (κ3) is 3.02. The van der Waals surface area contributed by atoms with Crippen molar-refractivity contribution in [2.45, 2.75) is 59.3 Å². The Morgan fingerprint density at radius 3 is 2.58 bits per heavy atom. The van der Waals surface area contributed by atoms with Gasteiger partial charge in [0.25, 0.3) is 0 Å². The Morgan fingerprint density at radius 2 is 1.92 bits per heavy atom. The van der Waals surface area contributed by atoms with Gasteiger partial charge in [-0.2, -0.15) is 0 Å². The minimum atomic E-state index is -0.186. The second kappa shape index (κ2) is 7.07. The van der Waals surface area contributed by atoms with Gasteiger partial charge in [-0.05, 0) is 61.0 Å². The zero-order valence-electron chi connectivity index (χ0n) is 16.7. The summed E-state index contributed by atoms with van der Waals surface area (Å²) in [4.78, 5) is 12.8. The van der Waals surface area contributed by atoms with Crippen molar-refractivity contribution in [3.63, 3.8) is 0 Å². The molecule has 0 spiro atoms.